The number of ether oxygens (including phenoxy) is 1. The van der Waals surface area contributed by atoms with Gasteiger partial charge in [-0.15, -0.1) is 0 Å². The lowest BCUT2D eigenvalue weighted by molar-refractivity contribution is -0.128. The molecule has 19 heavy (non-hydrogen) atoms. The largest absolute Gasteiger partial charge is 0.444 e. The van der Waals surface area contributed by atoms with Crippen LogP contribution in [0.2, 0.25) is 0 Å². The number of hydrogen-bond donors (Lipinski definition) is 1. The third kappa shape index (κ3) is 4.73. The Kier molecular flexibility index (Phi) is 5.20. The van der Waals surface area contributed by atoms with E-state index < -0.39 is 17.7 Å². The van der Waals surface area contributed by atoms with Crippen molar-refractivity contribution in [2.24, 2.45) is 5.92 Å². The van der Waals surface area contributed by atoms with Crippen LogP contribution in [0.4, 0.5) is 4.79 Å². The second kappa shape index (κ2) is 6.26. The number of nitrogens with one attached hydrogen (secondary N) is 1. The highest BCUT2D eigenvalue weighted by atomic mass is 16.6. The summed E-state index contributed by atoms with van der Waals surface area (Å²) in [6, 6.07) is -0.404. The van der Waals surface area contributed by atoms with Gasteiger partial charge in [0.25, 0.3) is 0 Å². The first-order valence-electron chi connectivity index (χ1n) is 7.02. The zero-order chi connectivity index (χ0) is 14.6. The van der Waals surface area contributed by atoms with Crippen molar-refractivity contribution in [3.8, 4) is 0 Å². The van der Waals surface area contributed by atoms with Crippen LogP contribution in [0.3, 0.4) is 0 Å². The standard InChI is InChI=1S/C14H26N2O3/c1-6-15-12(17)11-9-10(2)7-8-16(11)13(18)19-14(3,4)5/h10-11H,6-9H2,1-5H3,(H,15,17)/t10-,11-/m1/s1. The molecule has 0 aromatic carbocycles. The van der Waals surface area contributed by atoms with E-state index in [-0.39, 0.29) is 5.91 Å². The lowest BCUT2D eigenvalue weighted by Gasteiger charge is -2.38. The number of hydrogen-bond acceptors (Lipinski definition) is 3. The average Bonchev–Trinajstić information content (AvgIpc) is 2.26. The highest BCUT2D eigenvalue weighted by molar-refractivity contribution is 5.85. The van der Waals surface area contributed by atoms with Gasteiger partial charge in [-0.05, 0) is 46.5 Å². The van der Waals surface area contributed by atoms with Gasteiger partial charge in [-0.2, -0.15) is 0 Å². The summed E-state index contributed by atoms with van der Waals surface area (Å²) in [6.45, 7) is 10.6. The van der Waals surface area contributed by atoms with Gasteiger partial charge in [0.05, 0.1) is 0 Å². The molecular formula is C14H26N2O3. The number of likely N-dealkylation sites (N-methyl/N-ethyl adjacent to an activating group) is 1. The predicted molar refractivity (Wildman–Crippen MR) is 73.8 cm³/mol. The Bertz CT molecular complexity index is 336. The molecule has 0 saturated carbocycles. The van der Waals surface area contributed by atoms with Gasteiger partial charge in [0, 0.05) is 13.1 Å². The molecule has 0 aliphatic carbocycles. The van der Waals surface area contributed by atoms with E-state index in [9.17, 15) is 9.59 Å². The molecule has 0 aromatic rings. The van der Waals surface area contributed by atoms with Crippen molar-refractivity contribution in [3.05, 3.63) is 0 Å². The number of nitrogens with zero attached hydrogens (tertiary/aromatic N) is 1. The summed E-state index contributed by atoms with van der Waals surface area (Å²) >= 11 is 0. The summed E-state index contributed by atoms with van der Waals surface area (Å²) < 4.78 is 5.38. The minimum Gasteiger partial charge on any atom is -0.444 e. The summed E-state index contributed by atoms with van der Waals surface area (Å²) in [6.07, 6.45) is 1.22. The van der Waals surface area contributed by atoms with Crippen LogP contribution in [0.5, 0.6) is 0 Å². The van der Waals surface area contributed by atoms with Gasteiger partial charge in [0.2, 0.25) is 5.91 Å². The maximum Gasteiger partial charge on any atom is 0.410 e. The van der Waals surface area contributed by atoms with E-state index in [1.54, 1.807) is 4.90 Å². The first-order chi connectivity index (χ1) is 8.74. The van der Waals surface area contributed by atoms with Gasteiger partial charge in [0.1, 0.15) is 11.6 Å². The Hall–Kier alpha value is -1.26. The van der Waals surface area contributed by atoms with Crippen molar-refractivity contribution in [1.29, 1.82) is 0 Å². The Balaban J connectivity index is 2.77. The van der Waals surface area contributed by atoms with Crippen LogP contribution in [0.25, 0.3) is 0 Å². The van der Waals surface area contributed by atoms with Crippen molar-refractivity contribution < 1.29 is 14.3 Å². The summed E-state index contributed by atoms with van der Waals surface area (Å²) in [4.78, 5) is 25.8. The lowest BCUT2D eigenvalue weighted by atomic mass is 9.92. The summed E-state index contributed by atoms with van der Waals surface area (Å²) in [5, 5.41) is 2.80. The molecule has 1 aliphatic rings. The van der Waals surface area contributed by atoms with Crippen molar-refractivity contribution in [1.82, 2.24) is 10.2 Å². The summed E-state index contributed by atoms with van der Waals surface area (Å²) in [5.74, 6) is 0.367. The lowest BCUT2D eigenvalue weighted by Crippen LogP contribution is -2.54. The van der Waals surface area contributed by atoms with E-state index in [0.717, 1.165) is 6.42 Å². The maximum atomic E-state index is 12.2. The van der Waals surface area contributed by atoms with Gasteiger partial charge >= 0.3 is 6.09 Å². The van der Waals surface area contributed by atoms with Crippen LogP contribution < -0.4 is 5.32 Å². The van der Waals surface area contributed by atoms with Gasteiger partial charge < -0.3 is 10.1 Å². The molecule has 2 amide bonds. The van der Waals surface area contributed by atoms with Crippen LogP contribution in [0.1, 0.15) is 47.5 Å². The average molecular weight is 270 g/mol. The maximum absolute atomic E-state index is 12.2. The number of carbonyl (C=O) groups is 2. The molecule has 0 bridgehead atoms. The molecule has 0 spiro atoms. The second-order valence-electron chi connectivity index (χ2n) is 6.21. The molecule has 110 valence electrons. The van der Waals surface area contributed by atoms with Crippen LogP contribution in [-0.4, -0.2) is 41.6 Å². The molecular weight excluding hydrogens is 244 g/mol. The van der Waals surface area contributed by atoms with Crippen LogP contribution in [0, 0.1) is 5.92 Å². The molecule has 1 aliphatic heterocycles. The smallest absolute Gasteiger partial charge is 0.410 e. The topological polar surface area (TPSA) is 58.6 Å². The third-order valence-corrected chi connectivity index (χ3v) is 3.15. The van der Waals surface area contributed by atoms with Crippen LogP contribution in [-0.2, 0) is 9.53 Å². The number of rotatable bonds is 2. The van der Waals surface area contributed by atoms with E-state index in [2.05, 4.69) is 12.2 Å². The predicted octanol–water partition coefficient (Wildman–Crippen LogP) is 2.16. The zero-order valence-corrected chi connectivity index (χ0v) is 12.7. The van der Waals surface area contributed by atoms with Crippen molar-refractivity contribution in [2.45, 2.75) is 59.1 Å². The second-order valence-corrected chi connectivity index (χ2v) is 6.21. The van der Waals surface area contributed by atoms with Gasteiger partial charge in [-0.3, -0.25) is 9.69 Å². The van der Waals surface area contributed by atoms with Crippen molar-refractivity contribution in [2.75, 3.05) is 13.1 Å². The minimum atomic E-state index is -0.536. The molecule has 1 fully saturated rings. The van der Waals surface area contributed by atoms with Gasteiger partial charge in [0.15, 0.2) is 0 Å². The van der Waals surface area contributed by atoms with E-state index in [4.69, 9.17) is 4.74 Å². The van der Waals surface area contributed by atoms with E-state index in [1.165, 1.54) is 0 Å². The molecule has 2 atom stereocenters. The Morgan fingerprint density at radius 1 is 1.37 bits per heavy atom. The highest BCUT2D eigenvalue weighted by Gasteiger charge is 2.36. The quantitative estimate of drug-likeness (QED) is 0.836. The summed E-state index contributed by atoms with van der Waals surface area (Å²) in [5.41, 5.74) is -0.536. The molecule has 1 N–H and O–H groups in total. The zero-order valence-electron chi connectivity index (χ0n) is 12.7. The van der Waals surface area contributed by atoms with Crippen molar-refractivity contribution >= 4 is 12.0 Å². The first kappa shape index (κ1) is 15.8. The molecule has 1 heterocycles. The molecule has 0 aromatic heterocycles. The first-order valence-corrected chi connectivity index (χ1v) is 7.02. The minimum absolute atomic E-state index is 0.0834. The number of amides is 2. The Morgan fingerprint density at radius 2 is 2.00 bits per heavy atom. The van der Waals surface area contributed by atoms with E-state index >= 15 is 0 Å². The fraction of sp³-hybridized carbons (Fsp3) is 0.857. The molecule has 0 unspecified atom stereocenters. The molecule has 1 saturated heterocycles. The fourth-order valence-corrected chi connectivity index (χ4v) is 2.22. The van der Waals surface area contributed by atoms with E-state index in [0.29, 0.717) is 25.4 Å². The molecule has 0 radical (unpaired) electrons. The molecule has 5 nitrogen and oxygen atoms in total. The van der Waals surface area contributed by atoms with Crippen LogP contribution >= 0.6 is 0 Å². The molecule has 5 heteroatoms. The normalized spacial score (nSPS) is 23.9. The summed E-state index contributed by atoms with van der Waals surface area (Å²) in [7, 11) is 0. The van der Waals surface area contributed by atoms with Gasteiger partial charge in [-0.25, -0.2) is 4.79 Å². The number of piperidine rings is 1. The monoisotopic (exact) mass is 270 g/mol. The fourth-order valence-electron chi connectivity index (χ4n) is 2.22. The number of likely N-dealkylation sites (tertiary alicyclic amines) is 1. The Morgan fingerprint density at radius 3 is 2.53 bits per heavy atom. The highest BCUT2D eigenvalue weighted by Crippen LogP contribution is 2.24. The van der Waals surface area contributed by atoms with E-state index in [1.807, 2.05) is 27.7 Å². The number of carbonyl (C=O) groups excluding carboxylic acids is 2. The SMILES string of the molecule is CCNC(=O)[C@H]1C[C@H](C)CCN1C(=O)OC(C)(C)C. The van der Waals surface area contributed by atoms with Crippen molar-refractivity contribution in [3.63, 3.8) is 0 Å². The third-order valence-electron chi connectivity index (χ3n) is 3.15. The van der Waals surface area contributed by atoms with Crippen LogP contribution in [0.15, 0.2) is 0 Å². The van der Waals surface area contributed by atoms with Gasteiger partial charge in [-0.1, -0.05) is 6.92 Å². The molecule has 1 rings (SSSR count). The Labute approximate surface area is 115 Å².